The van der Waals surface area contributed by atoms with Crippen molar-refractivity contribution in [3.05, 3.63) is 53.1 Å². The number of aryl methyl sites for hydroxylation is 1. The van der Waals surface area contributed by atoms with Crippen LogP contribution >= 0.6 is 0 Å². The molecule has 1 aliphatic rings. The molecule has 3 rings (SSSR count). The summed E-state index contributed by atoms with van der Waals surface area (Å²) in [6.45, 7) is 6.28. The molecular weight excluding hydrogens is 320 g/mol. The summed E-state index contributed by atoms with van der Waals surface area (Å²) in [5.41, 5.74) is 8.66. The molecule has 0 saturated carbocycles. The van der Waals surface area contributed by atoms with Gasteiger partial charge in [-0.3, -0.25) is 10.2 Å². The Hall–Kier alpha value is -2.13. The predicted molar refractivity (Wildman–Crippen MR) is 110 cm³/mol. The highest BCUT2D eigenvalue weighted by atomic mass is 16.2. The van der Waals surface area contributed by atoms with E-state index < -0.39 is 0 Å². The van der Waals surface area contributed by atoms with Crippen molar-refractivity contribution in [3.8, 4) is 0 Å². The molecule has 1 aliphatic heterocycles. The van der Waals surface area contributed by atoms with Crippen molar-refractivity contribution in [1.82, 2.24) is 10.9 Å². The smallest absolute Gasteiger partial charge is 0.263 e. The van der Waals surface area contributed by atoms with Gasteiger partial charge in [-0.15, -0.1) is 0 Å². The highest BCUT2D eigenvalue weighted by Crippen LogP contribution is 2.27. The molecule has 0 spiro atoms. The minimum absolute atomic E-state index is 0.0456. The van der Waals surface area contributed by atoms with Crippen molar-refractivity contribution >= 4 is 22.8 Å². The highest BCUT2D eigenvalue weighted by Gasteiger charge is 2.34. The van der Waals surface area contributed by atoms with Gasteiger partial charge in [0, 0.05) is 5.57 Å². The third-order valence-corrected chi connectivity index (χ3v) is 5.25. The number of hydrogen-bond donors (Lipinski definition) is 2. The second kappa shape index (κ2) is 8.05. The molecule has 0 aromatic heterocycles. The minimum atomic E-state index is -0.363. The summed E-state index contributed by atoms with van der Waals surface area (Å²) >= 11 is 0. The van der Waals surface area contributed by atoms with Gasteiger partial charge in [0.15, 0.2) is 0 Å². The summed E-state index contributed by atoms with van der Waals surface area (Å²) in [5, 5.41) is 2.44. The number of unbranched alkanes of at least 4 members (excludes halogenated alkanes) is 4. The maximum Gasteiger partial charge on any atom is 0.263 e. The van der Waals surface area contributed by atoms with Crippen molar-refractivity contribution in [2.24, 2.45) is 0 Å². The molecule has 0 bridgehead atoms. The molecule has 0 unspecified atom stereocenters. The molecule has 3 heteroatoms. The standard InChI is InChI=1S/C23H30N2O/c1-4-5-6-7-8-10-17-13-14-20-18(15-17)11-9-12-19(20)16-21-22(26)24-25-23(21,2)3/h9,11-16,25H,4-8,10H2,1-3H3,(H,24,26)/b21-16+. The van der Waals surface area contributed by atoms with Crippen LogP contribution in [0.15, 0.2) is 42.0 Å². The van der Waals surface area contributed by atoms with Crippen molar-refractivity contribution in [3.63, 3.8) is 0 Å². The lowest BCUT2D eigenvalue weighted by Gasteiger charge is -2.17. The van der Waals surface area contributed by atoms with E-state index in [4.69, 9.17) is 0 Å². The number of rotatable bonds is 7. The Morgan fingerprint density at radius 2 is 1.85 bits per heavy atom. The van der Waals surface area contributed by atoms with Gasteiger partial charge < -0.3 is 0 Å². The van der Waals surface area contributed by atoms with Crippen LogP contribution < -0.4 is 10.9 Å². The van der Waals surface area contributed by atoms with E-state index in [2.05, 4.69) is 54.2 Å². The summed E-state index contributed by atoms with van der Waals surface area (Å²) in [6, 6.07) is 13.1. The zero-order valence-corrected chi connectivity index (χ0v) is 16.2. The lowest BCUT2D eigenvalue weighted by molar-refractivity contribution is -0.116. The van der Waals surface area contributed by atoms with E-state index in [1.54, 1.807) is 0 Å². The van der Waals surface area contributed by atoms with Crippen molar-refractivity contribution < 1.29 is 4.79 Å². The number of benzene rings is 2. The number of carbonyl (C=O) groups excluding carboxylic acids is 1. The average molecular weight is 351 g/mol. The van der Waals surface area contributed by atoms with Gasteiger partial charge in [-0.05, 0) is 54.7 Å². The number of hydrogen-bond acceptors (Lipinski definition) is 2. The van der Waals surface area contributed by atoms with Crippen LogP contribution in [0.4, 0.5) is 0 Å². The first-order valence-electron chi connectivity index (χ1n) is 9.82. The zero-order valence-electron chi connectivity index (χ0n) is 16.2. The van der Waals surface area contributed by atoms with Crippen LogP contribution in [-0.2, 0) is 11.2 Å². The van der Waals surface area contributed by atoms with Crippen molar-refractivity contribution in [2.45, 2.75) is 64.8 Å². The SMILES string of the molecule is CCCCCCCc1ccc2c(/C=C3\C(=O)NNC3(C)C)cccc2c1. The van der Waals surface area contributed by atoms with Gasteiger partial charge in [0.2, 0.25) is 0 Å². The first-order valence-corrected chi connectivity index (χ1v) is 9.82. The summed E-state index contributed by atoms with van der Waals surface area (Å²) in [4.78, 5) is 12.1. The summed E-state index contributed by atoms with van der Waals surface area (Å²) in [5.74, 6) is -0.0456. The van der Waals surface area contributed by atoms with Crippen LogP contribution in [0.3, 0.4) is 0 Å². The molecule has 138 valence electrons. The Morgan fingerprint density at radius 3 is 2.58 bits per heavy atom. The van der Waals surface area contributed by atoms with Gasteiger partial charge in [-0.25, -0.2) is 5.43 Å². The Labute approximate surface area is 156 Å². The number of hydrazine groups is 1. The van der Waals surface area contributed by atoms with E-state index >= 15 is 0 Å². The van der Waals surface area contributed by atoms with Crippen LogP contribution in [0.5, 0.6) is 0 Å². The first-order chi connectivity index (χ1) is 12.5. The lowest BCUT2D eigenvalue weighted by atomic mass is 9.92. The molecule has 1 fully saturated rings. The maximum atomic E-state index is 12.1. The summed E-state index contributed by atoms with van der Waals surface area (Å²) < 4.78 is 0. The summed E-state index contributed by atoms with van der Waals surface area (Å²) in [6.07, 6.45) is 9.71. The Morgan fingerprint density at radius 1 is 1.04 bits per heavy atom. The van der Waals surface area contributed by atoms with E-state index in [-0.39, 0.29) is 11.4 Å². The van der Waals surface area contributed by atoms with E-state index in [9.17, 15) is 4.79 Å². The quantitative estimate of drug-likeness (QED) is 0.535. The lowest BCUT2D eigenvalue weighted by Crippen LogP contribution is -2.38. The molecule has 3 nitrogen and oxygen atoms in total. The highest BCUT2D eigenvalue weighted by molar-refractivity contribution is 6.04. The minimum Gasteiger partial charge on any atom is -0.287 e. The molecule has 1 saturated heterocycles. The largest absolute Gasteiger partial charge is 0.287 e. The van der Waals surface area contributed by atoms with Gasteiger partial charge in [-0.1, -0.05) is 69.0 Å². The topological polar surface area (TPSA) is 41.1 Å². The third kappa shape index (κ3) is 4.16. The van der Waals surface area contributed by atoms with Crippen LogP contribution in [0.2, 0.25) is 0 Å². The van der Waals surface area contributed by atoms with Crippen LogP contribution in [0.25, 0.3) is 16.8 Å². The van der Waals surface area contributed by atoms with Gasteiger partial charge in [0.1, 0.15) is 0 Å². The molecule has 26 heavy (non-hydrogen) atoms. The monoisotopic (exact) mass is 350 g/mol. The second-order valence-electron chi connectivity index (χ2n) is 7.83. The zero-order chi connectivity index (χ0) is 18.6. The van der Waals surface area contributed by atoms with Crippen molar-refractivity contribution in [1.29, 1.82) is 0 Å². The maximum absolute atomic E-state index is 12.1. The van der Waals surface area contributed by atoms with E-state index in [1.807, 2.05) is 19.9 Å². The fourth-order valence-corrected chi connectivity index (χ4v) is 3.61. The third-order valence-electron chi connectivity index (χ3n) is 5.25. The Balaban J connectivity index is 1.82. The Bertz CT molecular complexity index is 820. The fourth-order valence-electron chi connectivity index (χ4n) is 3.61. The van der Waals surface area contributed by atoms with Gasteiger partial charge in [0.05, 0.1) is 5.54 Å². The molecular formula is C23H30N2O. The van der Waals surface area contributed by atoms with E-state index in [0.717, 1.165) is 17.6 Å². The van der Waals surface area contributed by atoms with Gasteiger partial charge in [-0.2, -0.15) is 0 Å². The van der Waals surface area contributed by atoms with Crippen LogP contribution in [0.1, 0.15) is 64.0 Å². The number of amides is 1. The Kier molecular flexibility index (Phi) is 5.77. The number of carbonyl (C=O) groups is 1. The van der Waals surface area contributed by atoms with Crippen molar-refractivity contribution in [2.75, 3.05) is 0 Å². The first kappa shape index (κ1) is 18.7. The van der Waals surface area contributed by atoms with Crippen LogP contribution in [-0.4, -0.2) is 11.4 Å². The van der Waals surface area contributed by atoms with Gasteiger partial charge >= 0.3 is 0 Å². The molecule has 0 radical (unpaired) electrons. The average Bonchev–Trinajstić information content (AvgIpc) is 2.88. The molecule has 1 heterocycles. The number of fused-ring (bicyclic) bond motifs is 1. The molecule has 0 atom stereocenters. The summed E-state index contributed by atoms with van der Waals surface area (Å²) in [7, 11) is 0. The molecule has 2 N–H and O–H groups in total. The molecule has 2 aromatic carbocycles. The predicted octanol–water partition coefficient (Wildman–Crippen LogP) is 5.15. The van der Waals surface area contributed by atoms with Gasteiger partial charge in [0.25, 0.3) is 5.91 Å². The molecule has 2 aromatic rings. The molecule has 1 amide bonds. The fraction of sp³-hybridized carbons (Fsp3) is 0.435. The van der Waals surface area contributed by atoms with Crippen LogP contribution in [0, 0.1) is 0 Å². The van der Waals surface area contributed by atoms with E-state index in [1.165, 1.54) is 48.4 Å². The van der Waals surface area contributed by atoms with E-state index in [0.29, 0.717) is 0 Å². The molecule has 0 aliphatic carbocycles. The number of nitrogens with one attached hydrogen (secondary N) is 2. The normalized spacial score (nSPS) is 17.8. The second-order valence-corrected chi connectivity index (χ2v) is 7.83.